The summed E-state index contributed by atoms with van der Waals surface area (Å²) in [6.45, 7) is 5.12. The number of hydrogen-bond donors (Lipinski definition) is 1. The number of nitrogens with two attached hydrogens (primary N) is 1. The molecule has 1 unspecified atom stereocenters. The molecule has 0 bridgehead atoms. The Morgan fingerprint density at radius 2 is 1.33 bits per heavy atom. The highest BCUT2D eigenvalue weighted by atomic mass is 16.5. The third-order valence-electron chi connectivity index (χ3n) is 6.83. The number of methoxy groups -OCH3 is 1. The average molecular weight is 541 g/mol. The van der Waals surface area contributed by atoms with Gasteiger partial charge in [-0.2, -0.15) is 0 Å². The number of amides is 1. The number of carbonyl (C=O) groups excluding carboxylic acids is 3. The molecule has 0 saturated heterocycles. The van der Waals surface area contributed by atoms with Crippen LogP contribution in [0.4, 0.5) is 4.79 Å². The van der Waals surface area contributed by atoms with Crippen LogP contribution in [0.3, 0.4) is 0 Å². The summed E-state index contributed by atoms with van der Waals surface area (Å²) in [5, 5.41) is 0. The van der Waals surface area contributed by atoms with Gasteiger partial charge in [0.2, 0.25) is 0 Å². The molecule has 0 fully saturated rings. The summed E-state index contributed by atoms with van der Waals surface area (Å²) in [6, 6.07) is 11.2. The van der Waals surface area contributed by atoms with Gasteiger partial charge in [0.1, 0.15) is 6.61 Å². The molecule has 0 radical (unpaired) electrons. The van der Waals surface area contributed by atoms with E-state index in [-0.39, 0.29) is 24.1 Å². The maximum absolute atomic E-state index is 12.9. The first-order valence-electron chi connectivity index (χ1n) is 14.3. The van der Waals surface area contributed by atoms with Crippen molar-refractivity contribution < 1.29 is 34.7 Å². The van der Waals surface area contributed by atoms with E-state index in [0.717, 1.165) is 41.5 Å². The summed E-state index contributed by atoms with van der Waals surface area (Å²) in [6.07, 6.45) is 4.06. The average Bonchev–Trinajstić information content (AvgIpc) is 3.28. The van der Waals surface area contributed by atoms with Gasteiger partial charge in [-0.1, -0.05) is 37.6 Å². The minimum atomic E-state index is -0.858. The molecule has 0 aromatic heterocycles. The fraction of sp³-hybridized carbons (Fsp3) is 0.516. The van der Waals surface area contributed by atoms with Gasteiger partial charge in [-0.15, -0.1) is 0 Å². The van der Waals surface area contributed by atoms with Crippen LogP contribution in [0.2, 0.25) is 1.41 Å². The largest absolute Gasteiger partial charge is 0.449 e. The van der Waals surface area contributed by atoms with Crippen molar-refractivity contribution >= 4 is 17.7 Å². The van der Waals surface area contributed by atoms with Gasteiger partial charge in [0.15, 0.2) is 13.0 Å². The highest BCUT2D eigenvalue weighted by Crippen LogP contribution is 2.46. The van der Waals surface area contributed by atoms with Crippen molar-refractivity contribution in [3.63, 3.8) is 0 Å². The fourth-order valence-electron chi connectivity index (χ4n) is 4.76. The van der Waals surface area contributed by atoms with Crippen molar-refractivity contribution in [3.8, 4) is 11.1 Å². The van der Waals surface area contributed by atoms with Crippen molar-refractivity contribution in [2.45, 2.75) is 57.8 Å². The number of fused-ring (bicyclic) bond motifs is 3. The standard InChI is InChI=1S/C31H41NO7/c1-3-4-15-37-16-5-8-29(33)22-10-12-24-25-13-11-23(30(34)9-6-17-38-18-7-14-36-2)20-27(25)28(26(24)19-22)21-39-31(32)35/h10-13,19-20,28H,3-9,14-18,21H2,1-2H3,(H2,32,35)/i/hD. The first kappa shape index (κ1) is 28.9. The molecule has 1 amide bonds. The predicted molar refractivity (Wildman–Crippen MR) is 149 cm³/mol. The molecule has 3 rings (SSSR count). The van der Waals surface area contributed by atoms with Crippen LogP contribution in [0.15, 0.2) is 36.4 Å². The van der Waals surface area contributed by atoms with Crippen molar-refractivity contribution in [2.75, 3.05) is 46.8 Å². The van der Waals surface area contributed by atoms with Gasteiger partial charge in [0, 0.05) is 70.0 Å². The highest BCUT2D eigenvalue weighted by molar-refractivity contribution is 5.99. The van der Waals surface area contributed by atoms with E-state index in [1.807, 2.05) is 36.4 Å². The maximum atomic E-state index is 12.9. The van der Waals surface area contributed by atoms with Gasteiger partial charge in [0.25, 0.3) is 0 Å². The second-order valence-corrected chi connectivity index (χ2v) is 9.73. The topological polar surface area (TPSA) is 114 Å². The maximum Gasteiger partial charge on any atom is 0.404 e. The number of rotatable bonds is 19. The second-order valence-electron chi connectivity index (χ2n) is 9.73. The molecule has 2 N–H and O–H groups in total. The molecule has 0 saturated carbocycles. The van der Waals surface area contributed by atoms with Gasteiger partial charge >= 0.3 is 6.09 Å². The van der Waals surface area contributed by atoms with Crippen molar-refractivity contribution in [3.05, 3.63) is 58.7 Å². The Kier molecular flexibility index (Phi) is 12.0. The summed E-state index contributed by atoms with van der Waals surface area (Å²) in [5.74, 6) is -0.314. The zero-order valence-corrected chi connectivity index (χ0v) is 23.1. The first-order valence-corrected chi connectivity index (χ1v) is 13.8. The third kappa shape index (κ3) is 8.98. The van der Waals surface area contributed by atoms with Gasteiger partial charge in [-0.3, -0.25) is 9.59 Å². The lowest BCUT2D eigenvalue weighted by Gasteiger charge is -2.14. The number of ketones is 2. The van der Waals surface area contributed by atoms with Crippen LogP contribution in [-0.2, 0) is 18.9 Å². The molecule has 2 aromatic rings. The van der Waals surface area contributed by atoms with E-state index in [9.17, 15) is 14.4 Å². The summed E-state index contributed by atoms with van der Waals surface area (Å²) in [4.78, 5) is 37.6. The molecular weight excluding hydrogens is 498 g/mol. The Labute approximate surface area is 232 Å². The van der Waals surface area contributed by atoms with E-state index in [0.29, 0.717) is 69.8 Å². The monoisotopic (exact) mass is 540 g/mol. The number of carbonyl (C=O) groups is 3. The Balaban J connectivity index is 1.71. The molecule has 0 heterocycles. The smallest absolute Gasteiger partial charge is 0.404 e. The SMILES string of the molecule is [2H]NC(=O)OCC1c2cc(C(=O)CCCOCCCC)ccc2-c2ccc(C(=O)CCCOCCCOC)cc21. The molecule has 1 aliphatic rings. The molecule has 212 valence electrons. The molecule has 1 atom stereocenters. The van der Waals surface area contributed by atoms with Crippen LogP contribution >= 0.6 is 0 Å². The van der Waals surface area contributed by atoms with E-state index in [4.69, 9.17) is 20.4 Å². The third-order valence-corrected chi connectivity index (χ3v) is 6.83. The van der Waals surface area contributed by atoms with Crippen LogP contribution in [0.1, 0.15) is 89.6 Å². The van der Waals surface area contributed by atoms with Crippen molar-refractivity contribution in [1.29, 1.82) is 0 Å². The van der Waals surface area contributed by atoms with Gasteiger partial charge in [-0.25, -0.2) is 4.79 Å². The molecule has 0 spiro atoms. The number of Topliss-reactive ketones (excluding diaryl/α,β-unsaturated/α-hetero) is 2. The van der Waals surface area contributed by atoms with Crippen molar-refractivity contribution in [1.82, 2.24) is 0 Å². The molecule has 0 aliphatic heterocycles. The Hall–Kier alpha value is -3.07. The van der Waals surface area contributed by atoms with E-state index < -0.39 is 6.09 Å². The highest BCUT2D eigenvalue weighted by Gasteiger charge is 2.31. The molecule has 2 aromatic carbocycles. The van der Waals surface area contributed by atoms with Gasteiger partial charge < -0.3 is 24.7 Å². The molecular formula is C31H41NO7. The van der Waals surface area contributed by atoms with E-state index in [1.54, 1.807) is 12.8 Å². The van der Waals surface area contributed by atoms with E-state index in [1.165, 1.54) is 0 Å². The number of hydrogen-bond acceptors (Lipinski definition) is 7. The normalized spacial score (nSPS) is 13.9. The summed E-state index contributed by atoms with van der Waals surface area (Å²) in [5.41, 5.74) is 6.52. The van der Waals surface area contributed by atoms with Crippen LogP contribution in [0.25, 0.3) is 11.1 Å². The minimum absolute atomic E-state index is 0.0133. The van der Waals surface area contributed by atoms with Crippen LogP contribution in [-0.4, -0.2) is 64.4 Å². The Morgan fingerprint density at radius 1 is 0.795 bits per heavy atom. The molecule has 39 heavy (non-hydrogen) atoms. The number of primary amides is 1. The molecule has 8 heteroatoms. The van der Waals surface area contributed by atoms with Crippen LogP contribution < -0.4 is 5.73 Å². The van der Waals surface area contributed by atoms with Crippen LogP contribution in [0.5, 0.6) is 0 Å². The summed E-state index contributed by atoms with van der Waals surface area (Å²) >= 11 is 0. The van der Waals surface area contributed by atoms with Gasteiger partial charge in [0.05, 0.1) is 0 Å². The lowest BCUT2D eigenvalue weighted by molar-refractivity contribution is 0.0886. The number of benzene rings is 2. The Morgan fingerprint density at radius 3 is 1.85 bits per heavy atom. The van der Waals surface area contributed by atoms with E-state index >= 15 is 0 Å². The van der Waals surface area contributed by atoms with Gasteiger partial charge in [-0.05, 0) is 60.1 Å². The fourth-order valence-corrected chi connectivity index (χ4v) is 4.76. The number of unbranched alkanes of at least 4 members (excludes halogenated alkanes) is 1. The lowest BCUT2D eigenvalue weighted by atomic mass is 9.93. The Bertz CT molecular complexity index is 1140. The van der Waals surface area contributed by atoms with Crippen molar-refractivity contribution in [2.24, 2.45) is 5.73 Å². The first-order chi connectivity index (χ1) is 19.5. The summed E-state index contributed by atoms with van der Waals surface area (Å²) < 4.78 is 28.5. The molecule has 1 aliphatic carbocycles. The second kappa shape index (κ2) is 16.1. The molecule has 8 nitrogen and oxygen atoms in total. The number of ether oxygens (including phenoxy) is 4. The van der Waals surface area contributed by atoms with Crippen LogP contribution in [0, 0.1) is 0 Å². The zero-order valence-electron chi connectivity index (χ0n) is 24.1. The lowest BCUT2D eigenvalue weighted by Crippen LogP contribution is -2.18. The van der Waals surface area contributed by atoms with E-state index in [2.05, 4.69) is 6.92 Å². The summed E-state index contributed by atoms with van der Waals surface area (Å²) in [7, 11) is 1.65. The zero-order chi connectivity index (χ0) is 28.7. The predicted octanol–water partition coefficient (Wildman–Crippen LogP) is 5.69. The quantitative estimate of drug-likeness (QED) is 0.180. The minimum Gasteiger partial charge on any atom is -0.449 e.